The van der Waals surface area contributed by atoms with Gasteiger partial charge in [-0.2, -0.15) is 0 Å². The minimum atomic E-state index is -0.0294. The summed E-state index contributed by atoms with van der Waals surface area (Å²) >= 11 is 0. The Hall–Kier alpha value is -1.55. The molecule has 0 aromatic heterocycles. The smallest absolute Gasteiger partial charge is 0.251 e. The summed E-state index contributed by atoms with van der Waals surface area (Å²) in [5.74, 6) is 0.677. The first kappa shape index (κ1) is 12.9. The first-order valence-electron chi connectivity index (χ1n) is 6.24. The summed E-state index contributed by atoms with van der Waals surface area (Å²) < 4.78 is 10.4. The van der Waals surface area contributed by atoms with Gasteiger partial charge in [0.2, 0.25) is 0 Å². The molecule has 0 bridgehead atoms. The topological polar surface area (TPSA) is 47.6 Å². The van der Waals surface area contributed by atoms with E-state index in [1.165, 1.54) is 0 Å². The van der Waals surface area contributed by atoms with Crippen molar-refractivity contribution in [3.8, 4) is 5.75 Å². The number of aryl methyl sites for hydroxylation is 1. The van der Waals surface area contributed by atoms with Crippen molar-refractivity contribution >= 4 is 5.91 Å². The normalized spacial score (nSPS) is 16.3. The third-order valence-corrected chi connectivity index (χ3v) is 3.25. The second-order valence-electron chi connectivity index (χ2n) is 4.54. The molecule has 1 fully saturated rings. The molecule has 18 heavy (non-hydrogen) atoms. The van der Waals surface area contributed by atoms with Gasteiger partial charge in [0, 0.05) is 24.8 Å². The van der Waals surface area contributed by atoms with Crippen LogP contribution in [0.15, 0.2) is 18.2 Å². The van der Waals surface area contributed by atoms with Gasteiger partial charge in [0.25, 0.3) is 5.91 Å². The van der Waals surface area contributed by atoms with Gasteiger partial charge in [0.15, 0.2) is 0 Å². The largest absolute Gasteiger partial charge is 0.497 e. The Morgan fingerprint density at radius 2 is 2.11 bits per heavy atom. The minimum Gasteiger partial charge on any atom is -0.497 e. The number of hydrogen-bond acceptors (Lipinski definition) is 3. The molecular weight excluding hydrogens is 230 g/mol. The third kappa shape index (κ3) is 3.01. The summed E-state index contributed by atoms with van der Waals surface area (Å²) in [6, 6.07) is 5.76. The lowest BCUT2D eigenvalue weighted by Gasteiger charge is -2.23. The summed E-state index contributed by atoms with van der Waals surface area (Å²) in [6.07, 6.45) is 1.77. The number of rotatable bonds is 3. The number of methoxy groups -OCH3 is 1. The SMILES string of the molecule is COc1ccc(C)c(C(=O)NC2CCOCC2)c1. The average molecular weight is 249 g/mol. The highest BCUT2D eigenvalue weighted by atomic mass is 16.5. The van der Waals surface area contributed by atoms with E-state index < -0.39 is 0 Å². The molecule has 1 aliphatic heterocycles. The molecule has 0 aliphatic carbocycles. The molecule has 1 aromatic carbocycles. The number of benzene rings is 1. The molecule has 0 saturated carbocycles. The summed E-state index contributed by atoms with van der Waals surface area (Å²) in [7, 11) is 1.60. The van der Waals surface area contributed by atoms with Crippen molar-refractivity contribution in [3.05, 3.63) is 29.3 Å². The first-order chi connectivity index (χ1) is 8.70. The van der Waals surface area contributed by atoms with E-state index >= 15 is 0 Å². The Balaban J connectivity index is 2.07. The molecule has 1 aliphatic rings. The van der Waals surface area contributed by atoms with Crippen molar-refractivity contribution < 1.29 is 14.3 Å². The van der Waals surface area contributed by atoms with Crippen molar-refractivity contribution in [2.45, 2.75) is 25.8 Å². The molecule has 0 spiro atoms. The lowest BCUT2D eigenvalue weighted by Crippen LogP contribution is -2.39. The number of hydrogen-bond donors (Lipinski definition) is 1. The van der Waals surface area contributed by atoms with Gasteiger partial charge in [0.05, 0.1) is 7.11 Å². The van der Waals surface area contributed by atoms with Gasteiger partial charge in [-0.1, -0.05) is 6.07 Å². The number of amides is 1. The van der Waals surface area contributed by atoms with E-state index in [9.17, 15) is 4.79 Å². The Morgan fingerprint density at radius 1 is 1.39 bits per heavy atom. The molecule has 0 radical (unpaired) electrons. The van der Waals surface area contributed by atoms with Gasteiger partial charge in [-0.3, -0.25) is 4.79 Å². The molecule has 1 saturated heterocycles. The maximum absolute atomic E-state index is 12.2. The predicted octanol–water partition coefficient (Wildman–Crippen LogP) is 1.91. The first-order valence-corrected chi connectivity index (χ1v) is 6.24. The standard InChI is InChI=1S/C14H19NO3/c1-10-3-4-12(17-2)9-13(10)14(16)15-11-5-7-18-8-6-11/h3-4,9,11H,5-8H2,1-2H3,(H,15,16). The number of carbonyl (C=O) groups excluding carboxylic acids is 1. The molecule has 0 atom stereocenters. The highest BCUT2D eigenvalue weighted by Gasteiger charge is 2.18. The Morgan fingerprint density at radius 3 is 2.78 bits per heavy atom. The van der Waals surface area contributed by atoms with Crippen LogP contribution in [-0.2, 0) is 4.74 Å². The number of carbonyl (C=O) groups is 1. The second kappa shape index (κ2) is 5.87. The quantitative estimate of drug-likeness (QED) is 0.890. The second-order valence-corrected chi connectivity index (χ2v) is 4.54. The van der Waals surface area contributed by atoms with Crippen LogP contribution in [0.25, 0.3) is 0 Å². The molecule has 98 valence electrons. The number of nitrogens with one attached hydrogen (secondary N) is 1. The van der Waals surface area contributed by atoms with Crippen LogP contribution < -0.4 is 10.1 Å². The predicted molar refractivity (Wildman–Crippen MR) is 69.0 cm³/mol. The van der Waals surface area contributed by atoms with Gasteiger partial charge < -0.3 is 14.8 Å². The fourth-order valence-corrected chi connectivity index (χ4v) is 2.08. The van der Waals surface area contributed by atoms with E-state index in [4.69, 9.17) is 9.47 Å². The van der Waals surface area contributed by atoms with Gasteiger partial charge >= 0.3 is 0 Å². The van der Waals surface area contributed by atoms with Gasteiger partial charge in [0.1, 0.15) is 5.75 Å². The molecule has 2 rings (SSSR count). The Labute approximate surface area is 107 Å². The summed E-state index contributed by atoms with van der Waals surface area (Å²) in [5.41, 5.74) is 1.64. The average Bonchev–Trinajstić information content (AvgIpc) is 2.40. The van der Waals surface area contributed by atoms with Crippen molar-refractivity contribution in [2.24, 2.45) is 0 Å². The zero-order valence-corrected chi connectivity index (χ0v) is 10.9. The zero-order chi connectivity index (χ0) is 13.0. The summed E-state index contributed by atoms with van der Waals surface area (Å²) in [4.78, 5) is 12.2. The lowest BCUT2D eigenvalue weighted by molar-refractivity contribution is 0.0696. The van der Waals surface area contributed by atoms with Crippen molar-refractivity contribution in [2.75, 3.05) is 20.3 Å². The van der Waals surface area contributed by atoms with Crippen LogP contribution in [0, 0.1) is 6.92 Å². The van der Waals surface area contributed by atoms with Crippen molar-refractivity contribution in [1.29, 1.82) is 0 Å². The van der Waals surface area contributed by atoms with Crippen LogP contribution >= 0.6 is 0 Å². The molecule has 1 aromatic rings. The van der Waals surface area contributed by atoms with Crippen LogP contribution in [0.1, 0.15) is 28.8 Å². The molecule has 4 nitrogen and oxygen atoms in total. The molecule has 1 amide bonds. The van der Waals surface area contributed by atoms with E-state index in [-0.39, 0.29) is 11.9 Å². The van der Waals surface area contributed by atoms with E-state index in [1.54, 1.807) is 13.2 Å². The van der Waals surface area contributed by atoms with Gasteiger partial charge in [-0.05, 0) is 37.5 Å². The van der Waals surface area contributed by atoms with Gasteiger partial charge in [-0.25, -0.2) is 0 Å². The maximum atomic E-state index is 12.2. The monoisotopic (exact) mass is 249 g/mol. The molecular formula is C14H19NO3. The molecule has 0 unspecified atom stereocenters. The van der Waals surface area contributed by atoms with Crippen molar-refractivity contribution in [3.63, 3.8) is 0 Å². The molecule has 1 heterocycles. The van der Waals surface area contributed by atoms with Crippen LogP contribution in [0.2, 0.25) is 0 Å². The summed E-state index contributed by atoms with van der Waals surface area (Å²) in [6.45, 7) is 3.38. The van der Waals surface area contributed by atoms with E-state index in [2.05, 4.69) is 5.32 Å². The fourth-order valence-electron chi connectivity index (χ4n) is 2.08. The van der Waals surface area contributed by atoms with E-state index in [1.807, 2.05) is 19.1 Å². The van der Waals surface area contributed by atoms with Crippen LogP contribution in [0.5, 0.6) is 5.75 Å². The highest BCUT2D eigenvalue weighted by Crippen LogP contribution is 2.17. The van der Waals surface area contributed by atoms with Gasteiger partial charge in [-0.15, -0.1) is 0 Å². The van der Waals surface area contributed by atoms with E-state index in [0.717, 1.165) is 31.6 Å². The highest BCUT2D eigenvalue weighted by molar-refractivity contribution is 5.96. The fraction of sp³-hybridized carbons (Fsp3) is 0.500. The summed E-state index contributed by atoms with van der Waals surface area (Å²) in [5, 5.41) is 3.05. The van der Waals surface area contributed by atoms with Crippen LogP contribution in [0.4, 0.5) is 0 Å². The third-order valence-electron chi connectivity index (χ3n) is 3.25. The zero-order valence-electron chi connectivity index (χ0n) is 10.9. The van der Waals surface area contributed by atoms with Crippen molar-refractivity contribution in [1.82, 2.24) is 5.32 Å². The molecule has 1 N–H and O–H groups in total. The minimum absolute atomic E-state index is 0.0294. The Kier molecular flexibility index (Phi) is 4.20. The maximum Gasteiger partial charge on any atom is 0.251 e. The van der Waals surface area contributed by atoms with Crippen LogP contribution in [-0.4, -0.2) is 32.3 Å². The Bertz CT molecular complexity index is 425. The van der Waals surface area contributed by atoms with E-state index in [0.29, 0.717) is 11.3 Å². The lowest BCUT2D eigenvalue weighted by atomic mass is 10.1. The van der Waals surface area contributed by atoms with Crippen LogP contribution in [0.3, 0.4) is 0 Å². The molecule has 4 heteroatoms. The number of ether oxygens (including phenoxy) is 2.